The van der Waals surface area contributed by atoms with Crippen LogP contribution in [0.25, 0.3) is 0 Å². The molecule has 0 bridgehead atoms. The first-order valence-electron chi connectivity index (χ1n) is 8.61. The lowest BCUT2D eigenvalue weighted by molar-refractivity contribution is 0.227. The van der Waals surface area contributed by atoms with Gasteiger partial charge in [-0.3, -0.25) is 0 Å². The first-order valence-corrected chi connectivity index (χ1v) is 16.6. The lowest BCUT2D eigenvalue weighted by Crippen LogP contribution is -2.60. The predicted molar refractivity (Wildman–Crippen MR) is 120 cm³/mol. The van der Waals surface area contributed by atoms with Crippen LogP contribution in [0.5, 0.6) is 0 Å². The van der Waals surface area contributed by atoms with E-state index in [1.807, 2.05) is 16.7 Å². The largest absolute Gasteiger partial charge is 0.467 e. The third-order valence-electron chi connectivity index (χ3n) is 4.00. The molecule has 0 aliphatic carbocycles. The number of carbonyl (C=O) groups is 1. The third kappa shape index (κ3) is 5.32. The van der Waals surface area contributed by atoms with Gasteiger partial charge in [-0.25, -0.2) is 4.79 Å². The van der Waals surface area contributed by atoms with Crippen molar-refractivity contribution in [2.45, 2.75) is 45.8 Å². The zero-order chi connectivity index (χ0) is 20.6. The van der Waals surface area contributed by atoms with E-state index in [0.29, 0.717) is 27.3 Å². The Morgan fingerprint density at radius 2 is 1.56 bits per heavy atom. The Hall–Kier alpha value is -0.926. The van der Waals surface area contributed by atoms with Gasteiger partial charge in [0.05, 0.1) is 28.5 Å². The maximum atomic E-state index is 13.8. The highest BCUT2D eigenvalue weighted by Crippen LogP contribution is 2.40. The fourth-order valence-corrected chi connectivity index (χ4v) is 6.88. The van der Waals surface area contributed by atoms with Crippen LogP contribution in [0.15, 0.2) is 34.9 Å². The summed E-state index contributed by atoms with van der Waals surface area (Å²) in [7, 11) is -4.23. The molecular weight excluding hydrogens is 439 g/mol. The molecule has 148 valence electrons. The molecule has 27 heavy (non-hydrogen) atoms. The van der Waals surface area contributed by atoms with E-state index in [0.717, 1.165) is 5.76 Å². The first kappa shape index (κ1) is 22.4. The van der Waals surface area contributed by atoms with Crippen molar-refractivity contribution in [1.82, 2.24) is 4.57 Å². The van der Waals surface area contributed by atoms with Gasteiger partial charge in [-0.05, 0) is 24.3 Å². The number of rotatable bonds is 5. The van der Waals surface area contributed by atoms with Crippen molar-refractivity contribution >= 4 is 63.0 Å². The summed E-state index contributed by atoms with van der Waals surface area (Å²) < 4.78 is 9.19. The van der Waals surface area contributed by atoms with E-state index in [2.05, 4.69) is 39.3 Å². The molecule has 1 aromatic carbocycles. The number of halogens is 3. The summed E-state index contributed by atoms with van der Waals surface area (Å²) in [5.41, 5.74) is 0.523. The monoisotopic (exact) mass is 462 g/mol. The second-order valence-corrected chi connectivity index (χ2v) is 19.3. The van der Waals surface area contributed by atoms with Gasteiger partial charge in [0.1, 0.15) is 5.76 Å². The Morgan fingerprint density at radius 1 is 1.00 bits per heavy atom. The summed E-state index contributed by atoms with van der Waals surface area (Å²) >= 11 is 19.0. The van der Waals surface area contributed by atoms with E-state index in [1.54, 1.807) is 23.0 Å². The molecule has 0 saturated carbocycles. The van der Waals surface area contributed by atoms with Gasteiger partial charge in [0, 0.05) is 5.02 Å². The second-order valence-electron chi connectivity index (χ2n) is 8.34. The normalized spacial score (nSPS) is 12.2. The van der Waals surface area contributed by atoms with Crippen LogP contribution >= 0.6 is 34.8 Å². The Balaban J connectivity index is 2.57. The summed E-state index contributed by atoms with van der Waals surface area (Å²) in [5.74, 6) is 0.745. The van der Waals surface area contributed by atoms with Crippen LogP contribution in [0.4, 0.5) is 10.5 Å². The molecular formula is C18H25Cl3N2O2Si2. The molecule has 0 spiro atoms. The van der Waals surface area contributed by atoms with E-state index >= 15 is 0 Å². The second kappa shape index (κ2) is 8.21. The minimum Gasteiger partial charge on any atom is -0.467 e. The highest BCUT2D eigenvalue weighted by molar-refractivity contribution is 6.85. The van der Waals surface area contributed by atoms with E-state index in [9.17, 15) is 4.79 Å². The van der Waals surface area contributed by atoms with Gasteiger partial charge < -0.3 is 13.5 Å². The highest BCUT2D eigenvalue weighted by atomic mass is 35.5. The van der Waals surface area contributed by atoms with Crippen molar-refractivity contribution in [2.24, 2.45) is 0 Å². The zero-order valence-electron chi connectivity index (χ0n) is 16.4. The van der Waals surface area contributed by atoms with E-state index < -0.39 is 16.5 Å². The highest BCUT2D eigenvalue weighted by Gasteiger charge is 2.40. The molecule has 2 aromatic rings. The van der Waals surface area contributed by atoms with E-state index in [-0.39, 0.29) is 6.03 Å². The van der Waals surface area contributed by atoms with Gasteiger partial charge in [0.2, 0.25) is 0 Å². The number of urea groups is 1. The van der Waals surface area contributed by atoms with Crippen molar-refractivity contribution in [3.8, 4) is 0 Å². The Kier molecular flexibility index (Phi) is 6.80. The number of benzene rings is 1. The van der Waals surface area contributed by atoms with Gasteiger partial charge in [0.15, 0.2) is 16.5 Å². The average molecular weight is 464 g/mol. The molecule has 2 rings (SSSR count). The van der Waals surface area contributed by atoms with Crippen LogP contribution in [0.1, 0.15) is 5.76 Å². The number of amides is 2. The number of furan rings is 1. The minimum atomic E-state index is -2.19. The number of anilines is 1. The van der Waals surface area contributed by atoms with Crippen LogP contribution < -0.4 is 4.57 Å². The standard InChI is InChI=1S/C18H25Cl3N2O2Si2/c1-26(2,3)22(12-14-8-7-9-25-14)18(24)23(27(4,5)6)17-15(20)10-13(19)11-16(17)21/h7-11H,12H2,1-6H3. The van der Waals surface area contributed by atoms with Crippen molar-refractivity contribution in [3.05, 3.63) is 51.4 Å². The molecule has 1 aromatic heterocycles. The van der Waals surface area contributed by atoms with Gasteiger partial charge in [-0.2, -0.15) is 0 Å². The summed E-state index contributed by atoms with van der Waals surface area (Å²) in [6.07, 6.45) is 1.62. The molecule has 1 heterocycles. The van der Waals surface area contributed by atoms with Crippen LogP contribution in [0, 0.1) is 0 Å². The molecule has 4 nitrogen and oxygen atoms in total. The Labute approximate surface area is 178 Å². The van der Waals surface area contributed by atoms with Crippen LogP contribution in [0.3, 0.4) is 0 Å². The van der Waals surface area contributed by atoms with E-state index in [1.165, 1.54) is 0 Å². The first-order chi connectivity index (χ1) is 12.3. The topological polar surface area (TPSA) is 36.7 Å². The number of hydrogen-bond donors (Lipinski definition) is 0. The Morgan fingerprint density at radius 3 is 1.96 bits per heavy atom. The average Bonchev–Trinajstić information content (AvgIpc) is 2.98. The van der Waals surface area contributed by atoms with Gasteiger partial charge in [0.25, 0.3) is 0 Å². The van der Waals surface area contributed by atoms with Crippen molar-refractivity contribution in [1.29, 1.82) is 0 Å². The summed E-state index contributed by atoms with van der Waals surface area (Å²) in [4.78, 5) is 13.8. The Bertz CT molecular complexity index is 792. The molecule has 0 atom stereocenters. The molecule has 9 heteroatoms. The van der Waals surface area contributed by atoms with Gasteiger partial charge >= 0.3 is 6.03 Å². The quantitative estimate of drug-likeness (QED) is 0.435. The fourth-order valence-electron chi connectivity index (χ4n) is 2.74. The number of nitrogens with zero attached hydrogens (tertiary/aromatic N) is 2. The van der Waals surface area contributed by atoms with Crippen molar-refractivity contribution in [3.63, 3.8) is 0 Å². The summed E-state index contributed by atoms with van der Waals surface area (Å²) in [5, 5.41) is 1.18. The van der Waals surface area contributed by atoms with Crippen LogP contribution in [-0.4, -0.2) is 27.1 Å². The molecule has 0 N–H and O–H groups in total. The summed E-state index contributed by atoms with van der Waals surface area (Å²) in [6.45, 7) is 13.0. The van der Waals surface area contributed by atoms with Crippen LogP contribution in [0.2, 0.25) is 54.3 Å². The van der Waals surface area contributed by atoms with E-state index in [4.69, 9.17) is 39.2 Å². The molecule has 0 aliphatic rings. The number of hydrogen-bond acceptors (Lipinski definition) is 2. The van der Waals surface area contributed by atoms with Gasteiger partial charge in [-0.1, -0.05) is 74.1 Å². The zero-order valence-corrected chi connectivity index (χ0v) is 20.7. The third-order valence-corrected chi connectivity index (χ3v) is 8.52. The smallest absolute Gasteiger partial charge is 0.308 e. The molecule has 0 saturated heterocycles. The molecule has 0 aliphatic heterocycles. The van der Waals surface area contributed by atoms with Crippen molar-refractivity contribution < 1.29 is 9.21 Å². The molecule has 0 fully saturated rings. The molecule has 0 unspecified atom stereocenters. The maximum Gasteiger partial charge on any atom is 0.308 e. The summed E-state index contributed by atoms with van der Waals surface area (Å²) in [6, 6.07) is 6.84. The molecule has 2 amide bonds. The lowest BCUT2D eigenvalue weighted by atomic mass is 10.3. The maximum absolute atomic E-state index is 13.8. The molecule has 0 radical (unpaired) electrons. The lowest BCUT2D eigenvalue weighted by Gasteiger charge is -2.43. The van der Waals surface area contributed by atoms with Crippen molar-refractivity contribution in [2.75, 3.05) is 4.57 Å². The minimum absolute atomic E-state index is 0.101. The fraction of sp³-hybridized carbons (Fsp3) is 0.389. The predicted octanol–water partition coefficient (Wildman–Crippen LogP) is 7.34. The van der Waals surface area contributed by atoms with Gasteiger partial charge in [-0.15, -0.1) is 0 Å². The number of carbonyl (C=O) groups excluding carboxylic acids is 1. The SMILES string of the molecule is C[Si](C)(C)N(Cc1ccco1)C(=O)N(c1c(Cl)cc(Cl)cc1Cl)[Si](C)(C)C. The van der Waals surface area contributed by atoms with Crippen LogP contribution in [-0.2, 0) is 6.54 Å².